The van der Waals surface area contributed by atoms with E-state index in [1.165, 1.54) is 4.31 Å². The van der Waals surface area contributed by atoms with Crippen molar-refractivity contribution in [3.63, 3.8) is 0 Å². The van der Waals surface area contributed by atoms with E-state index in [1.807, 2.05) is 20.8 Å². The Labute approximate surface area is 110 Å². The molecule has 98 valence electrons. The molecule has 0 aliphatic carbocycles. The maximum absolute atomic E-state index is 12.3. The molecule has 4 heteroatoms. The molecule has 1 aromatic carbocycles. The predicted octanol–water partition coefficient (Wildman–Crippen LogP) is 2.28. The zero-order chi connectivity index (χ0) is 14.0. The van der Waals surface area contributed by atoms with Gasteiger partial charge in [-0.1, -0.05) is 12.1 Å². The SMILES string of the molecule is C#CCc1ccc(S(=O)(=O)N(C)C(C)(C)C)cc1. The summed E-state index contributed by atoms with van der Waals surface area (Å²) in [5.74, 6) is 2.53. The molecular formula is C14H19NO2S. The number of hydrogen-bond acceptors (Lipinski definition) is 2. The van der Waals surface area contributed by atoms with Crippen LogP contribution in [-0.4, -0.2) is 25.3 Å². The molecule has 1 aromatic rings. The molecule has 0 atom stereocenters. The third-order valence-electron chi connectivity index (χ3n) is 2.83. The van der Waals surface area contributed by atoms with Crippen molar-refractivity contribution in [1.29, 1.82) is 0 Å². The van der Waals surface area contributed by atoms with E-state index in [9.17, 15) is 8.42 Å². The molecule has 0 heterocycles. The lowest BCUT2D eigenvalue weighted by atomic mass is 10.1. The first-order valence-corrected chi connectivity index (χ1v) is 7.15. The van der Waals surface area contributed by atoms with Gasteiger partial charge in [0.2, 0.25) is 10.0 Å². The van der Waals surface area contributed by atoms with E-state index >= 15 is 0 Å². The van der Waals surface area contributed by atoms with Crippen molar-refractivity contribution in [2.24, 2.45) is 0 Å². The smallest absolute Gasteiger partial charge is 0.207 e. The Hall–Kier alpha value is -1.31. The van der Waals surface area contributed by atoms with Gasteiger partial charge in [0.15, 0.2) is 0 Å². The molecule has 1 rings (SSSR count). The molecule has 0 bridgehead atoms. The van der Waals surface area contributed by atoms with Crippen molar-refractivity contribution in [3.8, 4) is 12.3 Å². The van der Waals surface area contributed by atoms with Crippen molar-refractivity contribution in [2.75, 3.05) is 7.05 Å². The predicted molar refractivity (Wildman–Crippen MR) is 73.7 cm³/mol. The van der Waals surface area contributed by atoms with Crippen LogP contribution in [0.15, 0.2) is 29.2 Å². The molecule has 0 saturated heterocycles. The Balaban J connectivity index is 3.11. The van der Waals surface area contributed by atoms with Crippen molar-refractivity contribution in [3.05, 3.63) is 29.8 Å². The lowest BCUT2D eigenvalue weighted by Crippen LogP contribution is -2.42. The third kappa shape index (κ3) is 3.12. The molecule has 0 aliphatic rings. The quantitative estimate of drug-likeness (QED) is 0.786. The molecule has 18 heavy (non-hydrogen) atoms. The van der Waals surface area contributed by atoms with Gasteiger partial charge in [0.25, 0.3) is 0 Å². The van der Waals surface area contributed by atoms with Crippen LogP contribution in [0.5, 0.6) is 0 Å². The van der Waals surface area contributed by atoms with E-state index in [2.05, 4.69) is 5.92 Å². The molecule has 0 N–H and O–H groups in total. The molecular weight excluding hydrogens is 246 g/mol. The van der Waals surface area contributed by atoms with Gasteiger partial charge in [-0.2, -0.15) is 4.31 Å². The van der Waals surface area contributed by atoms with Crippen LogP contribution in [-0.2, 0) is 16.4 Å². The Morgan fingerprint density at radius 1 is 1.22 bits per heavy atom. The molecule has 0 aromatic heterocycles. The minimum absolute atomic E-state index is 0.292. The normalized spacial score (nSPS) is 12.4. The minimum atomic E-state index is -3.45. The molecule has 0 amide bonds. The van der Waals surface area contributed by atoms with Crippen molar-refractivity contribution >= 4 is 10.0 Å². The first-order chi connectivity index (χ1) is 8.19. The van der Waals surface area contributed by atoms with Gasteiger partial charge in [0, 0.05) is 19.0 Å². The number of benzene rings is 1. The summed E-state index contributed by atoms with van der Waals surface area (Å²) < 4.78 is 26.0. The van der Waals surface area contributed by atoms with Crippen LogP contribution in [0.2, 0.25) is 0 Å². The molecule has 0 saturated carbocycles. The van der Waals surface area contributed by atoms with E-state index in [0.717, 1.165) is 5.56 Å². The summed E-state index contributed by atoms with van der Waals surface area (Å²) in [4.78, 5) is 0.292. The van der Waals surface area contributed by atoms with Gasteiger partial charge in [0.1, 0.15) is 0 Å². The van der Waals surface area contributed by atoms with Crippen molar-refractivity contribution in [2.45, 2.75) is 37.6 Å². The number of rotatable bonds is 3. The zero-order valence-electron chi connectivity index (χ0n) is 11.3. The van der Waals surface area contributed by atoms with E-state index in [4.69, 9.17) is 6.42 Å². The first kappa shape index (κ1) is 14.7. The van der Waals surface area contributed by atoms with Gasteiger partial charge in [-0.25, -0.2) is 8.42 Å². The highest BCUT2D eigenvalue weighted by Gasteiger charge is 2.30. The van der Waals surface area contributed by atoms with Crippen LogP contribution in [0, 0.1) is 12.3 Å². The van der Waals surface area contributed by atoms with Gasteiger partial charge in [0.05, 0.1) is 4.90 Å². The zero-order valence-corrected chi connectivity index (χ0v) is 12.1. The van der Waals surface area contributed by atoms with Gasteiger partial charge < -0.3 is 0 Å². The second-order valence-corrected chi connectivity index (χ2v) is 7.14. The van der Waals surface area contributed by atoms with E-state index in [1.54, 1.807) is 31.3 Å². The van der Waals surface area contributed by atoms with Crippen LogP contribution >= 0.6 is 0 Å². The van der Waals surface area contributed by atoms with Crippen LogP contribution in [0.1, 0.15) is 26.3 Å². The van der Waals surface area contributed by atoms with Crippen LogP contribution in [0.3, 0.4) is 0 Å². The van der Waals surface area contributed by atoms with Gasteiger partial charge in [-0.15, -0.1) is 12.3 Å². The molecule has 0 radical (unpaired) electrons. The van der Waals surface area contributed by atoms with E-state index in [-0.39, 0.29) is 0 Å². The number of hydrogen-bond donors (Lipinski definition) is 0. The fourth-order valence-corrected chi connectivity index (χ4v) is 2.93. The maximum Gasteiger partial charge on any atom is 0.243 e. The fourth-order valence-electron chi connectivity index (χ4n) is 1.42. The summed E-state index contributed by atoms with van der Waals surface area (Å²) in [6, 6.07) is 6.71. The maximum atomic E-state index is 12.3. The molecule has 0 unspecified atom stereocenters. The number of terminal acetylenes is 1. The summed E-state index contributed by atoms with van der Waals surface area (Å²) in [7, 11) is -1.86. The standard InChI is InChI=1S/C14H19NO2S/c1-6-7-12-8-10-13(11-9-12)18(16,17)15(5)14(2,3)4/h1,8-11H,7H2,2-5H3. The van der Waals surface area contributed by atoms with Gasteiger partial charge in [-0.3, -0.25) is 0 Å². The highest BCUT2D eigenvalue weighted by Crippen LogP contribution is 2.22. The summed E-state index contributed by atoms with van der Waals surface area (Å²) in [5, 5.41) is 0. The van der Waals surface area contributed by atoms with Crippen LogP contribution < -0.4 is 0 Å². The summed E-state index contributed by atoms with van der Waals surface area (Å²) >= 11 is 0. The Kier molecular flexibility index (Phi) is 4.20. The van der Waals surface area contributed by atoms with Crippen molar-refractivity contribution in [1.82, 2.24) is 4.31 Å². The lowest BCUT2D eigenvalue weighted by molar-refractivity contribution is 0.292. The van der Waals surface area contributed by atoms with Gasteiger partial charge >= 0.3 is 0 Å². The van der Waals surface area contributed by atoms with Crippen LogP contribution in [0.4, 0.5) is 0 Å². The van der Waals surface area contributed by atoms with Gasteiger partial charge in [-0.05, 0) is 38.5 Å². The Bertz CT molecular complexity index is 545. The third-order valence-corrected chi connectivity index (χ3v) is 4.97. The summed E-state index contributed by atoms with van der Waals surface area (Å²) in [6.45, 7) is 5.58. The highest BCUT2D eigenvalue weighted by atomic mass is 32.2. The van der Waals surface area contributed by atoms with E-state index < -0.39 is 15.6 Å². The molecule has 3 nitrogen and oxygen atoms in total. The van der Waals surface area contributed by atoms with E-state index in [0.29, 0.717) is 11.3 Å². The molecule has 0 spiro atoms. The first-order valence-electron chi connectivity index (χ1n) is 5.71. The average molecular weight is 265 g/mol. The second kappa shape index (κ2) is 5.13. The topological polar surface area (TPSA) is 37.4 Å². The largest absolute Gasteiger partial charge is 0.243 e. The number of nitrogens with zero attached hydrogens (tertiary/aromatic N) is 1. The molecule has 0 fully saturated rings. The Morgan fingerprint density at radius 2 is 1.72 bits per heavy atom. The fraction of sp³-hybridized carbons (Fsp3) is 0.429. The highest BCUT2D eigenvalue weighted by molar-refractivity contribution is 7.89. The number of sulfonamides is 1. The summed E-state index contributed by atoms with van der Waals surface area (Å²) in [6.07, 6.45) is 5.72. The second-order valence-electron chi connectivity index (χ2n) is 5.17. The average Bonchev–Trinajstić information content (AvgIpc) is 2.28. The van der Waals surface area contributed by atoms with Crippen LogP contribution in [0.25, 0.3) is 0 Å². The lowest BCUT2D eigenvalue weighted by Gasteiger charge is -2.30. The Morgan fingerprint density at radius 3 is 2.11 bits per heavy atom. The monoisotopic (exact) mass is 265 g/mol. The molecule has 0 aliphatic heterocycles. The van der Waals surface area contributed by atoms with Crippen molar-refractivity contribution < 1.29 is 8.42 Å². The minimum Gasteiger partial charge on any atom is -0.207 e. The summed E-state index contributed by atoms with van der Waals surface area (Å²) in [5.41, 5.74) is 0.492.